The SMILES string of the molecule is CCCCC(N)Cc1ccoc1. The minimum atomic E-state index is 0.294. The van der Waals surface area contributed by atoms with Gasteiger partial charge in [-0.3, -0.25) is 0 Å². The van der Waals surface area contributed by atoms with E-state index >= 15 is 0 Å². The fourth-order valence-corrected chi connectivity index (χ4v) is 1.28. The molecule has 0 amide bonds. The van der Waals surface area contributed by atoms with Crippen LogP contribution < -0.4 is 5.73 Å². The third-order valence-electron chi connectivity index (χ3n) is 2.01. The summed E-state index contributed by atoms with van der Waals surface area (Å²) in [6.07, 6.45) is 7.96. The average Bonchev–Trinajstić information content (AvgIpc) is 2.53. The zero-order valence-electron chi connectivity index (χ0n) is 7.62. The molecule has 0 fully saturated rings. The summed E-state index contributed by atoms with van der Waals surface area (Å²) in [5.41, 5.74) is 7.12. The fourth-order valence-electron chi connectivity index (χ4n) is 1.28. The Hall–Kier alpha value is -0.760. The zero-order valence-corrected chi connectivity index (χ0v) is 7.62. The van der Waals surface area contributed by atoms with Gasteiger partial charge in [0.1, 0.15) is 0 Å². The van der Waals surface area contributed by atoms with Gasteiger partial charge in [0.25, 0.3) is 0 Å². The van der Waals surface area contributed by atoms with Crippen LogP contribution in [0.4, 0.5) is 0 Å². The minimum Gasteiger partial charge on any atom is -0.472 e. The van der Waals surface area contributed by atoms with E-state index in [-0.39, 0.29) is 0 Å². The molecule has 1 atom stereocenters. The highest BCUT2D eigenvalue weighted by molar-refractivity contribution is 5.06. The lowest BCUT2D eigenvalue weighted by molar-refractivity contribution is 0.548. The first-order valence-corrected chi connectivity index (χ1v) is 4.59. The van der Waals surface area contributed by atoms with Crippen LogP contribution in [0.15, 0.2) is 23.0 Å². The highest BCUT2D eigenvalue weighted by Crippen LogP contribution is 2.07. The van der Waals surface area contributed by atoms with E-state index in [2.05, 4.69) is 6.92 Å². The van der Waals surface area contributed by atoms with E-state index in [9.17, 15) is 0 Å². The molecule has 1 unspecified atom stereocenters. The number of hydrogen-bond donors (Lipinski definition) is 1. The van der Waals surface area contributed by atoms with Crippen molar-refractivity contribution in [1.29, 1.82) is 0 Å². The first-order valence-electron chi connectivity index (χ1n) is 4.59. The van der Waals surface area contributed by atoms with Gasteiger partial charge in [0, 0.05) is 6.04 Å². The molecule has 1 aromatic rings. The van der Waals surface area contributed by atoms with Crippen LogP contribution in [0.5, 0.6) is 0 Å². The lowest BCUT2D eigenvalue weighted by Gasteiger charge is -2.08. The Bertz CT molecular complexity index is 194. The van der Waals surface area contributed by atoms with Crippen molar-refractivity contribution in [2.45, 2.75) is 38.6 Å². The van der Waals surface area contributed by atoms with Gasteiger partial charge in [-0.1, -0.05) is 19.8 Å². The molecule has 0 aliphatic heterocycles. The average molecular weight is 167 g/mol. The molecule has 1 rings (SSSR count). The highest BCUT2D eigenvalue weighted by atomic mass is 16.3. The molecule has 0 aliphatic rings. The van der Waals surface area contributed by atoms with E-state index in [1.54, 1.807) is 12.5 Å². The molecular formula is C10H17NO. The normalized spacial score (nSPS) is 13.2. The van der Waals surface area contributed by atoms with Gasteiger partial charge in [-0.05, 0) is 24.5 Å². The Balaban J connectivity index is 2.22. The van der Waals surface area contributed by atoms with Crippen molar-refractivity contribution in [1.82, 2.24) is 0 Å². The molecule has 0 spiro atoms. The third kappa shape index (κ3) is 3.09. The van der Waals surface area contributed by atoms with Crippen molar-refractivity contribution < 1.29 is 4.42 Å². The monoisotopic (exact) mass is 167 g/mol. The molecule has 1 heterocycles. The summed E-state index contributed by atoms with van der Waals surface area (Å²) in [6, 6.07) is 2.27. The predicted molar refractivity (Wildman–Crippen MR) is 49.9 cm³/mol. The molecule has 2 N–H and O–H groups in total. The number of rotatable bonds is 5. The van der Waals surface area contributed by atoms with Gasteiger partial charge in [0.2, 0.25) is 0 Å². The summed E-state index contributed by atoms with van der Waals surface area (Å²) in [5, 5.41) is 0. The molecule has 2 heteroatoms. The summed E-state index contributed by atoms with van der Waals surface area (Å²) >= 11 is 0. The number of nitrogens with two attached hydrogens (primary N) is 1. The van der Waals surface area contributed by atoms with E-state index in [1.165, 1.54) is 18.4 Å². The molecule has 0 aliphatic carbocycles. The van der Waals surface area contributed by atoms with Gasteiger partial charge in [0.15, 0.2) is 0 Å². The van der Waals surface area contributed by atoms with Crippen LogP contribution in [-0.2, 0) is 6.42 Å². The summed E-state index contributed by atoms with van der Waals surface area (Å²) in [6.45, 7) is 2.19. The quantitative estimate of drug-likeness (QED) is 0.731. The van der Waals surface area contributed by atoms with Crippen LogP contribution in [0.2, 0.25) is 0 Å². The first-order chi connectivity index (χ1) is 5.83. The Morgan fingerprint density at radius 1 is 1.58 bits per heavy atom. The van der Waals surface area contributed by atoms with Crippen molar-refractivity contribution in [3.63, 3.8) is 0 Å². The van der Waals surface area contributed by atoms with Crippen LogP contribution in [0.1, 0.15) is 31.7 Å². The van der Waals surface area contributed by atoms with E-state index in [4.69, 9.17) is 10.2 Å². The van der Waals surface area contributed by atoms with Crippen LogP contribution in [-0.4, -0.2) is 6.04 Å². The molecule has 2 nitrogen and oxygen atoms in total. The summed E-state index contributed by atoms with van der Waals surface area (Å²) in [5.74, 6) is 0. The van der Waals surface area contributed by atoms with Crippen LogP contribution >= 0.6 is 0 Å². The number of hydrogen-bond acceptors (Lipinski definition) is 2. The van der Waals surface area contributed by atoms with Gasteiger partial charge < -0.3 is 10.2 Å². The maximum Gasteiger partial charge on any atom is 0.0935 e. The maximum atomic E-state index is 5.91. The minimum absolute atomic E-state index is 0.294. The van der Waals surface area contributed by atoms with E-state index in [1.807, 2.05) is 6.07 Å². The smallest absolute Gasteiger partial charge is 0.0935 e. The molecule has 0 radical (unpaired) electrons. The molecule has 1 aromatic heterocycles. The van der Waals surface area contributed by atoms with Crippen molar-refractivity contribution in [3.8, 4) is 0 Å². The lowest BCUT2D eigenvalue weighted by Crippen LogP contribution is -2.22. The second-order valence-corrected chi connectivity index (χ2v) is 3.24. The lowest BCUT2D eigenvalue weighted by atomic mass is 10.0. The molecule has 0 aromatic carbocycles. The predicted octanol–water partition coefficient (Wildman–Crippen LogP) is 2.34. The molecule has 0 saturated carbocycles. The van der Waals surface area contributed by atoms with E-state index in [0.29, 0.717) is 6.04 Å². The van der Waals surface area contributed by atoms with Gasteiger partial charge in [-0.25, -0.2) is 0 Å². The summed E-state index contributed by atoms with van der Waals surface area (Å²) in [7, 11) is 0. The molecule has 0 bridgehead atoms. The maximum absolute atomic E-state index is 5.91. The van der Waals surface area contributed by atoms with E-state index < -0.39 is 0 Å². The number of furan rings is 1. The fraction of sp³-hybridized carbons (Fsp3) is 0.600. The summed E-state index contributed by atoms with van der Waals surface area (Å²) in [4.78, 5) is 0. The van der Waals surface area contributed by atoms with Crippen molar-refractivity contribution in [3.05, 3.63) is 24.2 Å². The van der Waals surface area contributed by atoms with Crippen molar-refractivity contribution >= 4 is 0 Å². The summed E-state index contributed by atoms with van der Waals surface area (Å²) < 4.78 is 4.96. The molecule has 12 heavy (non-hydrogen) atoms. The second kappa shape index (κ2) is 4.99. The molecule has 68 valence electrons. The Morgan fingerprint density at radius 3 is 3.00 bits per heavy atom. The first kappa shape index (κ1) is 9.33. The van der Waals surface area contributed by atoms with Crippen molar-refractivity contribution in [2.24, 2.45) is 5.73 Å². The van der Waals surface area contributed by atoms with Gasteiger partial charge in [-0.2, -0.15) is 0 Å². The largest absolute Gasteiger partial charge is 0.472 e. The highest BCUT2D eigenvalue weighted by Gasteiger charge is 2.03. The Kier molecular flexibility index (Phi) is 3.88. The molecular weight excluding hydrogens is 150 g/mol. The van der Waals surface area contributed by atoms with Crippen LogP contribution in [0.25, 0.3) is 0 Å². The molecule has 0 saturated heterocycles. The van der Waals surface area contributed by atoms with E-state index in [0.717, 1.165) is 12.8 Å². The van der Waals surface area contributed by atoms with Gasteiger partial charge in [-0.15, -0.1) is 0 Å². The van der Waals surface area contributed by atoms with Gasteiger partial charge >= 0.3 is 0 Å². The topological polar surface area (TPSA) is 39.2 Å². The van der Waals surface area contributed by atoms with Crippen LogP contribution in [0, 0.1) is 0 Å². The zero-order chi connectivity index (χ0) is 8.81. The standard InChI is InChI=1S/C10H17NO/c1-2-3-4-10(11)7-9-5-6-12-8-9/h5-6,8,10H,2-4,7,11H2,1H3. The van der Waals surface area contributed by atoms with Gasteiger partial charge in [0.05, 0.1) is 12.5 Å². The van der Waals surface area contributed by atoms with Crippen molar-refractivity contribution in [2.75, 3.05) is 0 Å². The Labute approximate surface area is 73.8 Å². The van der Waals surface area contributed by atoms with Crippen LogP contribution in [0.3, 0.4) is 0 Å². The third-order valence-corrected chi connectivity index (χ3v) is 2.01. The Morgan fingerprint density at radius 2 is 2.42 bits per heavy atom. The number of unbranched alkanes of at least 4 members (excludes halogenated alkanes) is 1. The second-order valence-electron chi connectivity index (χ2n) is 3.24.